The Morgan fingerprint density at radius 1 is 1.21 bits per heavy atom. The van der Waals surface area contributed by atoms with Crippen LogP contribution in [-0.4, -0.2) is 25.8 Å². The van der Waals surface area contributed by atoms with Gasteiger partial charge in [-0.1, -0.05) is 37.3 Å². The van der Waals surface area contributed by atoms with Gasteiger partial charge in [-0.3, -0.25) is 4.79 Å². The van der Waals surface area contributed by atoms with Crippen molar-refractivity contribution in [2.24, 2.45) is 0 Å². The van der Waals surface area contributed by atoms with Gasteiger partial charge in [0.15, 0.2) is 0 Å². The van der Waals surface area contributed by atoms with Crippen molar-refractivity contribution in [3.05, 3.63) is 60.6 Å². The SMILES string of the molecule is CCc1cnc(NC(C)=O)cc1-c1nc(-c2ccccc2)c(-c2ncc[nH]2)s1. The molecule has 0 atom stereocenters. The number of aromatic nitrogens is 4. The summed E-state index contributed by atoms with van der Waals surface area (Å²) in [5, 5.41) is 3.63. The van der Waals surface area contributed by atoms with Crippen molar-refractivity contribution in [1.82, 2.24) is 19.9 Å². The van der Waals surface area contributed by atoms with E-state index in [1.165, 1.54) is 6.92 Å². The number of benzene rings is 1. The van der Waals surface area contributed by atoms with Gasteiger partial charge < -0.3 is 10.3 Å². The van der Waals surface area contributed by atoms with Crippen LogP contribution < -0.4 is 5.32 Å². The molecule has 0 radical (unpaired) electrons. The molecule has 4 rings (SSSR count). The number of hydrogen-bond acceptors (Lipinski definition) is 5. The number of imidazole rings is 1. The number of aromatic amines is 1. The minimum Gasteiger partial charge on any atom is -0.344 e. The molecule has 6 nitrogen and oxygen atoms in total. The number of nitrogens with one attached hydrogen (secondary N) is 2. The number of amides is 1. The third-order valence-corrected chi connectivity index (χ3v) is 5.38. The average Bonchev–Trinajstić information content (AvgIpc) is 3.38. The highest BCUT2D eigenvalue weighted by Crippen LogP contribution is 2.40. The van der Waals surface area contributed by atoms with E-state index in [0.717, 1.165) is 44.5 Å². The second-order valence-electron chi connectivity index (χ2n) is 6.26. The zero-order valence-corrected chi connectivity index (χ0v) is 16.4. The molecular weight excluding hydrogens is 370 g/mol. The monoisotopic (exact) mass is 389 g/mol. The van der Waals surface area contributed by atoms with Gasteiger partial charge in [0.2, 0.25) is 5.91 Å². The van der Waals surface area contributed by atoms with E-state index in [0.29, 0.717) is 5.82 Å². The molecule has 0 saturated heterocycles. The van der Waals surface area contributed by atoms with Gasteiger partial charge in [0.05, 0.1) is 10.6 Å². The standard InChI is InChI=1S/C21H19N5OS/c1-3-14-12-24-17(25-13(2)27)11-16(14)21-26-18(15-7-5-4-6-8-15)19(28-21)20-22-9-10-23-20/h4-12H,3H2,1-2H3,(H,22,23)(H,24,25,27). The van der Waals surface area contributed by atoms with Crippen molar-refractivity contribution < 1.29 is 4.79 Å². The summed E-state index contributed by atoms with van der Waals surface area (Å²) in [6.45, 7) is 3.55. The van der Waals surface area contributed by atoms with E-state index in [1.54, 1.807) is 23.7 Å². The second-order valence-corrected chi connectivity index (χ2v) is 7.26. The summed E-state index contributed by atoms with van der Waals surface area (Å²) < 4.78 is 0. The summed E-state index contributed by atoms with van der Waals surface area (Å²) in [6.07, 6.45) is 6.17. The number of carbonyl (C=O) groups excluding carboxylic acids is 1. The van der Waals surface area contributed by atoms with Crippen molar-refractivity contribution >= 4 is 23.1 Å². The van der Waals surface area contributed by atoms with Gasteiger partial charge in [-0.2, -0.15) is 0 Å². The topological polar surface area (TPSA) is 83.6 Å². The molecule has 0 unspecified atom stereocenters. The molecule has 1 amide bonds. The van der Waals surface area contributed by atoms with Crippen molar-refractivity contribution in [2.75, 3.05) is 5.32 Å². The fraction of sp³-hybridized carbons (Fsp3) is 0.143. The lowest BCUT2D eigenvalue weighted by molar-refractivity contribution is -0.114. The highest BCUT2D eigenvalue weighted by atomic mass is 32.1. The Kier molecular flexibility index (Phi) is 4.99. The number of hydrogen-bond donors (Lipinski definition) is 2. The molecule has 0 aliphatic carbocycles. The summed E-state index contributed by atoms with van der Waals surface area (Å²) in [7, 11) is 0. The first kappa shape index (κ1) is 18.1. The average molecular weight is 389 g/mol. The van der Waals surface area contributed by atoms with Crippen LogP contribution in [0.4, 0.5) is 5.82 Å². The fourth-order valence-corrected chi connectivity index (χ4v) is 4.09. The first-order chi connectivity index (χ1) is 13.7. The van der Waals surface area contributed by atoms with Gasteiger partial charge >= 0.3 is 0 Å². The Bertz CT molecular complexity index is 1100. The van der Waals surface area contributed by atoms with Gasteiger partial charge in [-0.05, 0) is 18.1 Å². The van der Waals surface area contributed by atoms with Gasteiger partial charge in [0.1, 0.15) is 16.6 Å². The first-order valence-corrected chi connectivity index (χ1v) is 9.80. The van der Waals surface area contributed by atoms with Crippen molar-refractivity contribution in [3.8, 4) is 32.5 Å². The van der Waals surface area contributed by atoms with Crippen LogP contribution in [-0.2, 0) is 11.2 Å². The lowest BCUT2D eigenvalue weighted by atomic mass is 10.1. The molecule has 0 aliphatic rings. The summed E-state index contributed by atoms with van der Waals surface area (Å²) in [4.78, 5) is 29.3. The van der Waals surface area contributed by atoms with Crippen LogP contribution in [0.1, 0.15) is 19.4 Å². The molecule has 0 aliphatic heterocycles. The lowest BCUT2D eigenvalue weighted by Crippen LogP contribution is -2.08. The maximum absolute atomic E-state index is 11.4. The van der Waals surface area contributed by atoms with E-state index >= 15 is 0 Å². The predicted octanol–water partition coefficient (Wildman–Crippen LogP) is 4.78. The molecule has 0 saturated carbocycles. The summed E-state index contributed by atoms with van der Waals surface area (Å²) in [5.41, 5.74) is 3.97. The van der Waals surface area contributed by atoms with Crippen LogP contribution in [0.15, 0.2) is 55.0 Å². The van der Waals surface area contributed by atoms with Crippen LogP contribution >= 0.6 is 11.3 Å². The number of nitrogens with zero attached hydrogens (tertiary/aromatic N) is 3. The third kappa shape index (κ3) is 3.57. The molecule has 3 heterocycles. The van der Waals surface area contributed by atoms with Crippen LogP contribution in [0.2, 0.25) is 0 Å². The van der Waals surface area contributed by atoms with E-state index in [9.17, 15) is 4.79 Å². The van der Waals surface area contributed by atoms with Crippen LogP contribution in [0.3, 0.4) is 0 Å². The molecule has 0 fully saturated rings. The second kappa shape index (κ2) is 7.74. The molecule has 140 valence electrons. The number of rotatable bonds is 5. The number of pyridine rings is 1. The van der Waals surface area contributed by atoms with Crippen molar-refractivity contribution in [3.63, 3.8) is 0 Å². The molecule has 0 bridgehead atoms. The predicted molar refractivity (Wildman–Crippen MR) is 112 cm³/mol. The number of thiazole rings is 1. The van der Waals surface area contributed by atoms with Gasteiger partial charge in [0.25, 0.3) is 0 Å². The molecule has 4 aromatic rings. The Hall–Kier alpha value is -3.32. The zero-order chi connectivity index (χ0) is 19.5. The first-order valence-electron chi connectivity index (χ1n) is 8.98. The fourth-order valence-electron chi connectivity index (χ4n) is 2.99. The molecule has 28 heavy (non-hydrogen) atoms. The van der Waals surface area contributed by atoms with Gasteiger partial charge in [-0.25, -0.2) is 15.0 Å². The summed E-state index contributed by atoms with van der Waals surface area (Å²) in [5.74, 6) is 1.16. The lowest BCUT2D eigenvalue weighted by Gasteiger charge is -2.08. The van der Waals surface area contributed by atoms with E-state index in [1.807, 2.05) is 42.6 Å². The highest BCUT2D eigenvalue weighted by Gasteiger charge is 2.19. The minimum atomic E-state index is -0.150. The van der Waals surface area contributed by atoms with Crippen LogP contribution in [0.5, 0.6) is 0 Å². The maximum Gasteiger partial charge on any atom is 0.222 e. The number of anilines is 1. The molecular formula is C21H19N5OS. The van der Waals surface area contributed by atoms with Crippen molar-refractivity contribution in [1.29, 1.82) is 0 Å². The summed E-state index contributed by atoms with van der Waals surface area (Å²) >= 11 is 1.58. The maximum atomic E-state index is 11.4. The molecule has 2 N–H and O–H groups in total. The summed E-state index contributed by atoms with van der Waals surface area (Å²) in [6, 6.07) is 12.0. The molecule has 7 heteroatoms. The van der Waals surface area contributed by atoms with Gasteiger partial charge in [-0.15, -0.1) is 11.3 Å². The van der Waals surface area contributed by atoms with Crippen LogP contribution in [0.25, 0.3) is 32.5 Å². The normalized spacial score (nSPS) is 10.8. The third-order valence-electron chi connectivity index (χ3n) is 4.29. The van der Waals surface area contributed by atoms with Crippen LogP contribution in [0, 0.1) is 0 Å². The van der Waals surface area contributed by atoms with E-state index in [4.69, 9.17) is 4.98 Å². The Labute approximate surface area is 166 Å². The quantitative estimate of drug-likeness (QED) is 0.514. The molecule has 1 aromatic carbocycles. The zero-order valence-electron chi connectivity index (χ0n) is 15.6. The Morgan fingerprint density at radius 3 is 2.71 bits per heavy atom. The molecule has 0 spiro atoms. The number of aryl methyl sites for hydroxylation is 1. The Morgan fingerprint density at radius 2 is 2.04 bits per heavy atom. The van der Waals surface area contributed by atoms with E-state index in [-0.39, 0.29) is 5.91 Å². The van der Waals surface area contributed by atoms with Gasteiger partial charge in [0, 0.05) is 36.6 Å². The Balaban J connectivity index is 1.88. The van der Waals surface area contributed by atoms with Crippen molar-refractivity contribution in [2.45, 2.75) is 20.3 Å². The smallest absolute Gasteiger partial charge is 0.222 e. The number of carbonyl (C=O) groups is 1. The van der Waals surface area contributed by atoms with E-state index < -0.39 is 0 Å². The number of H-pyrrole nitrogens is 1. The molecule has 3 aromatic heterocycles. The highest BCUT2D eigenvalue weighted by molar-refractivity contribution is 7.18. The largest absolute Gasteiger partial charge is 0.344 e. The minimum absolute atomic E-state index is 0.150. The van der Waals surface area contributed by atoms with E-state index in [2.05, 4.69) is 27.2 Å².